The van der Waals surface area contributed by atoms with Crippen LogP contribution in [0.5, 0.6) is 0 Å². The van der Waals surface area contributed by atoms with Crippen LogP contribution in [0, 0.1) is 0 Å². The molecule has 0 bridgehead atoms. The molecule has 5 heteroatoms. The zero-order valence-electron chi connectivity index (χ0n) is 9.66. The summed E-state index contributed by atoms with van der Waals surface area (Å²) in [6.45, 7) is 3.41. The van der Waals surface area contributed by atoms with Crippen LogP contribution in [-0.4, -0.2) is 56.5 Å². The molecular weight excluding hydrogens is 196 g/mol. The SMILES string of the molecule is CN1CCCCC1.COCCNC(=O)O. The van der Waals surface area contributed by atoms with Crippen molar-refractivity contribution in [2.45, 2.75) is 19.3 Å². The summed E-state index contributed by atoms with van der Waals surface area (Å²) in [5, 5.41) is 10.1. The average molecular weight is 218 g/mol. The minimum atomic E-state index is -1.01. The quantitative estimate of drug-likeness (QED) is 0.694. The molecule has 0 aromatic rings. The van der Waals surface area contributed by atoms with E-state index in [1.807, 2.05) is 0 Å². The summed E-state index contributed by atoms with van der Waals surface area (Å²) >= 11 is 0. The third kappa shape index (κ3) is 11.1. The number of nitrogens with one attached hydrogen (secondary N) is 1. The van der Waals surface area contributed by atoms with Crippen molar-refractivity contribution < 1.29 is 14.6 Å². The lowest BCUT2D eigenvalue weighted by Crippen LogP contribution is -2.24. The highest BCUT2D eigenvalue weighted by Crippen LogP contribution is 2.04. The summed E-state index contributed by atoms with van der Waals surface area (Å²) in [6, 6.07) is 0. The van der Waals surface area contributed by atoms with Crippen LogP contribution in [0.2, 0.25) is 0 Å². The first-order chi connectivity index (χ1) is 7.16. The molecular formula is C10H22N2O3. The summed E-state index contributed by atoms with van der Waals surface area (Å²) in [7, 11) is 3.71. The normalized spacial score (nSPS) is 16.4. The highest BCUT2D eigenvalue weighted by molar-refractivity contribution is 5.64. The number of carboxylic acid groups (broad SMARTS) is 1. The Bertz CT molecular complexity index is 159. The lowest BCUT2D eigenvalue weighted by atomic mass is 10.1. The lowest BCUT2D eigenvalue weighted by molar-refractivity contribution is 0.176. The smallest absolute Gasteiger partial charge is 0.404 e. The van der Waals surface area contributed by atoms with E-state index in [0.717, 1.165) is 0 Å². The summed E-state index contributed by atoms with van der Waals surface area (Å²) in [5.41, 5.74) is 0. The van der Waals surface area contributed by atoms with Crippen LogP contribution in [-0.2, 0) is 4.74 Å². The Morgan fingerprint density at radius 3 is 2.33 bits per heavy atom. The van der Waals surface area contributed by atoms with E-state index >= 15 is 0 Å². The van der Waals surface area contributed by atoms with Gasteiger partial charge in [0.15, 0.2) is 0 Å². The van der Waals surface area contributed by atoms with Crippen LogP contribution in [0.1, 0.15) is 19.3 Å². The van der Waals surface area contributed by atoms with Gasteiger partial charge in [-0.2, -0.15) is 0 Å². The molecule has 0 atom stereocenters. The molecule has 1 amide bonds. The summed E-state index contributed by atoms with van der Waals surface area (Å²) < 4.78 is 4.57. The van der Waals surface area contributed by atoms with Gasteiger partial charge in [0.05, 0.1) is 6.61 Å². The second kappa shape index (κ2) is 9.73. The molecule has 1 fully saturated rings. The Morgan fingerprint density at radius 2 is 2.00 bits per heavy atom. The molecule has 1 aliphatic rings. The van der Waals surface area contributed by atoms with Gasteiger partial charge in [-0.1, -0.05) is 6.42 Å². The Morgan fingerprint density at radius 1 is 1.40 bits per heavy atom. The summed E-state index contributed by atoms with van der Waals surface area (Å²) in [5.74, 6) is 0. The number of methoxy groups -OCH3 is 1. The third-order valence-electron chi connectivity index (χ3n) is 2.16. The van der Waals surface area contributed by atoms with Gasteiger partial charge in [0, 0.05) is 13.7 Å². The summed E-state index contributed by atoms with van der Waals surface area (Å²) in [6.07, 6.45) is 3.26. The van der Waals surface area contributed by atoms with E-state index in [0.29, 0.717) is 13.2 Å². The molecule has 1 saturated heterocycles. The molecule has 0 aromatic carbocycles. The highest BCUT2D eigenvalue weighted by Gasteiger charge is 2.02. The maximum atomic E-state index is 9.71. The fraction of sp³-hybridized carbons (Fsp3) is 0.900. The molecule has 2 N–H and O–H groups in total. The Hall–Kier alpha value is -0.810. The number of rotatable bonds is 3. The second-order valence-corrected chi connectivity index (χ2v) is 3.59. The molecule has 0 aliphatic carbocycles. The van der Waals surface area contributed by atoms with E-state index in [4.69, 9.17) is 5.11 Å². The monoisotopic (exact) mass is 218 g/mol. The van der Waals surface area contributed by atoms with Gasteiger partial charge in [-0.15, -0.1) is 0 Å². The minimum absolute atomic E-state index is 0.353. The number of likely N-dealkylation sites (tertiary alicyclic amines) is 1. The van der Waals surface area contributed by atoms with E-state index < -0.39 is 6.09 Å². The topological polar surface area (TPSA) is 61.8 Å². The van der Waals surface area contributed by atoms with E-state index in [1.165, 1.54) is 39.5 Å². The Balaban J connectivity index is 0.000000262. The first kappa shape index (κ1) is 14.2. The zero-order chi connectivity index (χ0) is 11.5. The fourth-order valence-corrected chi connectivity index (χ4v) is 1.31. The lowest BCUT2D eigenvalue weighted by Gasteiger charge is -2.20. The molecule has 0 aromatic heterocycles. The van der Waals surface area contributed by atoms with Crippen LogP contribution in [0.15, 0.2) is 0 Å². The second-order valence-electron chi connectivity index (χ2n) is 3.59. The standard InChI is InChI=1S/C6H13N.C4H9NO3/c1-7-5-3-2-4-6-7;1-8-3-2-5-4(6)7/h2-6H2,1H3;5H,2-3H2,1H3,(H,6,7). The first-order valence-corrected chi connectivity index (χ1v) is 5.31. The predicted molar refractivity (Wildman–Crippen MR) is 59.3 cm³/mol. The van der Waals surface area contributed by atoms with Gasteiger partial charge in [-0.3, -0.25) is 0 Å². The molecule has 90 valence electrons. The molecule has 1 aliphatic heterocycles. The van der Waals surface area contributed by atoms with Crippen molar-refractivity contribution in [1.82, 2.24) is 10.2 Å². The molecule has 0 unspecified atom stereocenters. The van der Waals surface area contributed by atoms with Crippen LogP contribution >= 0.6 is 0 Å². The van der Waals surface area contributed by atoms with Crippen molar-refractivity contribution in [3.8, 4) is 0 Å². The maximum absolute atomic E-state index is 9.71. The van der Waals surface area contributed by atoms with Crippen LogP contribution in [0.3, 0.4) is 0 Å². The Kier molecular flexibility index (Phi) is 9.21. The van der Waals surface area contributed by atoms with Crippen molar-refractivity contribution in [2.75, 3.05) is 40.4 Å². The summed E-state index contributed by atoms with van der Waals surface area (Å²) in [4.78, 5) is 12.1. The van der Waals surface area contributed by atoms with E-state index in [9.17, 15) is 4.79 Å². The third-order valence-corrected chi connectivity index (χ3v) is 2.16. The van der Waals surface area contributed by atoms with Crippen LogP contribution < -0.4 is 5.32 Å². The van der Waals surface area contributed by atoms with Gasteiger partial charge in [0.1, 0.15) is 0 Å². The highest BCUT2D eigenvalue weighted by atomic mass is 16.5. The number of ether oxygens (including phenoxy) is 1. The number of amides is 1. The number of nitrogens with zero attached hydrogens (tertiary/aromatic N) is 1. The number of carbonyl (C=O) groups is 1. The molecule has 1 rings (SSSR count). The predicted octanol–water partition coefficient (Wildman–Crippen LogP) is 1.00. The van der Waals surface area contributed by atoms with E-state index in [2.05, 4.69) is 22.0 Å². The molecule has 0 radical (unpaired) electrons. The van der Waals surface area contributed by atoms with Gasteiger partial charge >= 0.3 is 6.09 Å². The van der Waals surface area contributed by atoms with Crippen molar-refractivity contribution in [2.24, 2.45) is 0 Å². The van der Waals surface area contributed by atoms with Gasteiger partial charge in [0.2, 0.25) is 0 Å². The van der Waals surface area contributed by atoms with Gasteiger partial charge in [-0.25, -0.2) is 4.79 Å². The fourth-order valence-electron chi connectivity index (χ4n) is 1.31. The van der Waals surface area contributed by atoms with Gasteiger partial charge in [0.25, 0.3) is 0 Å². The van der Waals surface area contributed by atoms with E-state index in [-0.39, 0.29) is 0 Å². The maximum Gasteiger partial charge on any atom is 0.404 e. The molecule has 1 heterocycles. The Labute approximate surface area is 91.4 Å². The number of hydrogen-bond donors (Lipinski definition) is 2. The van der Waals surface area contributed by atoms with Crippen molar-refractivity contribution in [3.63, 3.8) is 0 Å². The number of hydrogen-bond acceptors (Lipinski definition) is 3. The molecule has 15 heavy (non-hydrogen) atoms. The van der Waals surface area contributed by atoms with Crippen LogP contribution in [0.4, 0.5) is 4.79 Å². The number of piperidine rings is 1. The largest absolute Gasteiger partial charge is 0.465 e. The van der Waals surface area contributed by atoms with Crippen LogP contribution in [0.25, 0.3) is 0 Å². The molecule has 0 saturated carbocycles. The minimum Gasteiger partial charge on any atom is -0.465 e. The first-order valence-electron chi connectivity index (χ1n) is 5.31. The van der Waals surface area contributed by atoms with E-state index in [1.54, 1.807) is 0 Å². The van der Waals surface area contributed by atoms with Gasteiger partial charge in [-0.05, 0) is 33.0 Å². The van der Waals surface area contributed by atoms with Crippen molar-refractivity contribution in [3.05, 3.63) is 0 Å². The zero-order valence-corrected chi connectivity index (χ0v) is 9.66. The van der Waals surface area contributed by atoms with Crippen molar-refractivity contribution in [1.29, 1.82) is 0 Å². The molecule has 0 spiro atoms. The van der Waals surface area contributed by atoms with Crippen molar-refractivity contribution >= 4 is 6.09 Å². The van der Waals surface area contributed by atoms with Gasteiger partial charge < -0.3 is 20.1 Å². The molecule has 5 nitrogen and oxygen atoms in total. The average Bonchev–Trinajstić information content (AvgIpc) is 2.20.